The van der Waals surface area contributed by atoms with Gasteiger partial charge in [-0.3, -0.25) is 0 Å². The number of ether oxygens (including phenoxy) is 3. The van der Waals surface area contributed by atoms with Gasteiger partial charge in [0, 0.05) is 12.3 Å². The van der Waals surface area contributed by atoms with Gasteiger partial charge in [-0.1, -0.05) is 12.8 Å². The standard InChI is InChI=1S/C14H22O8/c1-4-5-21-14(13(19)20-3)6-9(16)8(2)12(22-14)11(18)10(17)7-15/h1,8-12,15-18H,5-7H2,2-3H3/t8-,9-,10?,11?,12?,14-/m1/s1. The summed E-state index contributed by atoms with van der Waals surface area (Å²) in [5.74, 6) is -1.33. The lowest BCUT2D eigenvalue weighted by Crippen LogP contribution is -2.61. The number of hydrogen-bond donors (Lipinski definition) is 4. The van der Waals surface area contributed by atoms with Crippen LogP contribution in [0.5, 0.6) is 0 Å². The second-order valence-corrected chi connectivity index (χ2v) is 5.19. The quantitative estimate of drug-likeness (QED) is 0.327. The molecule has 0 saturated carbocycles. The molecule has 8 heteroatoms. The Morgan fingerprint density at radius 1 is 1.55 bits per heavy atom. The number of carbonyl (C=O) groups excluding carboxylic acids is 1. The van der Waals surface area contributed by atoms with E-state index in [-0.39, 0.29) is 13.0 Å². The molecular weight excluding hydrogens is 296 g/mol. The van der Waals surface area contributed by atoms with Gasteiger partial charge in [0.15, 0.2) is 0 Å². The largest absolute Gasteiger partial charge is 0.465 e. The molecule has 0 bridgehead atoms. The minimum atomic E-state index is -1.98. The van der Waals surface area contributed by atoms with Crippen molar-refractivity contribution < 1.29 is 39.4 Å². The number of methoxy groups -OCH3 is 1. The van der Waals surface area contributed by atoms with Crippen molar-refractivity contribution in [3.8, 4) is 12.3 Å². The monoisotopic (exact) mass is 318 g/mol. The average molecular weight is 318 g/mol. The molecule has 3 unspecified atom stereocenters. The van der Waals surface area contributed by atoms with Gasteiger partial charge in [0.2, 0.25) is 0 Å². The molecule has 1 aliphatic rings. The maximum absolute atomic E-state index is 12.0. The van der Waals surface area contributed by atoms with E-state index < -0.39 is 48.7 Å². The van der Waals surface area contributed by atoms with E-state index in [1.54, 1.807) is 6.92 Å². The Balaban J connectivity index is 3.09. The smallest absolute Gasteiger partial charge is 0.366 e. The number of carbonyl (C=O) groups is 1. The molecule has 8 nitrogen and oxygen atoms in total. The average Bonchev–Trinajstić information content (AvgIpc) is 2.53. The second kappa shape index (κ2) is 7.87. The summed E-state index contributed by atoms with van der Waals surface area (Å²) >= 11 is 0. The molecule has 0 aromatic rings. The Bertz CT molecular complexity index is 420. The van der Waals surface area contributed by atoms with Crippen LogP contribution in [0.3, 0.4) is 0 Å². The van der Waals surface area contributed by atoms with Crippen molar-refractivity contribution in [3.63, 3.8) is 0 Å². The summed E-state index contributed by atoms with van der Waals surface area (Å²) in [7, 11) is 1.12. The van der Waals surface area contributed by atoms with Crippen molar-refractivity contribution in [2.75, 3.05) is 20.3 Å². The first-order valence-electron chi connectivity index (χ1n) is 6.81. The Kier molecular flexibility index (Phi) is 6.74. The fourth-order valence-corrected chi connectivity index (χ4v) is 2.36. The Morgan fingerprint density at radius 2 is 2.18 bits per heavy atom. The van der Waals surface area contributed by atoms with E-state index in [4.69, 9.17) is 21.0 Å². The van der Waals surface area contributed by atoms with Gasteiger partial charge >= 0.3 is 5.97 Å². The molecule has 0 aromatic heterocycles. The Labute approximate surface area is 128 Å². The molecule has 1 fully saturated rings. The van der Waals surface area contributed by atoms with E-state index in [9.17, 15) is 20.1 Å². The van der Waals surface area contributed by atoms with Crippen LogP contribution in [-0.2, 0) is 19.0 Å². The first-order valence-corrected chi connectivity index (χ1v) is 6.81. The normalized spacial score (nSPS) is 34.5. The first-order chi connectivity index (χ1) is 10.3. The van der Waals surface area contributed by atoms with Crippen LogP contribution in [0, 0.1) is 18.3 Å². The lowest BCUT2D eigenvalue weighted by Gasteiger charge is -2.45. The van der Waals surface area contributed by atoms with Gasteiger partial charge in [0.05, 0.1) is 25.9 Å². The summed E-state index contributed by atoms with van der Waals surface area (Å²) in [6.07, 6.45) is -0.401. The molecule has 0 aromatic carbocycles. The lowest BCUT2D eigenvalue weighted by atomic mass is 9.84. The third kappa shape index (κ3) is 3.76. The summed E-state index contributed by atoms with van der Waals surface area (Å²) < 4.78 is 15.4. The third-order valence-electron chi connectivity index (χ3n) is 3.73. The maximum Gasteiger partial charge on any atom is 0.366 e. The molecule has 22 heavy (non-hydrogen) atoms. The van der Waals surface area contributed by atoms with Crippen LogP contribution >= 0.6 is 0 Å². The fraction of sp³-hybridized carbons (Fsp3) is 0.786. The van der Waals surface area contributed by atoms with Gasteiger partial charge in [0.25, 0.3) is 5.79 Å². The van der Waals surface area contributed by atoms with E-state index >= 15 is 0 Å². The highest BCUT2D eigenvalue weighted by Crippen LogP contribution is 2.36. The zero-order chi connectivity index (χ0) is 16.9. The number of hydrogen-bond acceptors (Lipinski definition) is 8. The second-order valence-electron chi connectivity index (χ2n) is 5.19. The molecule has 0 amide bonds. The highest BCUT2D eigenvalue weighted by molar-refractivity contribution is 5.78. The molecule has 0 aliphatic carbocycles. The van der Waals surface area contributed by atoms with Gasteiger partial charge in [-0.15, -0.1) is 6.42 Å². The van der Waals surface area contributed by atoms with Gasteiger partial charge in [-0.2, -0.15) is 0 Å². The minimum absolute atomic E-state index is 0.235. The van der Waals surface area contributed by atoms with Gasteiger partial charge < -0.3 is 34.6 Å². The molecule has 4 N–H and O–H groups in total. The highest BCUT2D eigenvalue weighted by atomic mass is 16.7. The zero-order valence-corrected chi connectivity index (χ0v) is 12.5. The van der Waals surface area contributed by atoms with E-state index in [1.165, 1.54) is 0 Å². The predicted octanol–water partition coefficient (Wildman–Crippen LogP) is -1.99. The molecule has 0 spiro atoms. The highest BCUT2D eigenvalue weighted by Gasteiger charge is 2.54. The molecule has 1 saturated heterocycles. The Morgan fingerprint density at radius 3 is 2.68 bits per heavy atom. The molecule has 0 radical (unpaired) electrons. The van der Waals surface area contributed by atoms with Gasteiger partial charge in [-0.05, 0) is 0 Å². The third-order valence-corrected chi connectivity index (χ3v) is 3.73. The zero-order valence-electron chi connectivity index (χ0n) is 12.5. The number of terminal acetylenes is 1. The first kappa shape index (κ1) is 18.8. The van der Waals surface area contributed by atoms with Crippen LogP contribution in [0.1, 0.15) is 13.3 Å². The molecule has 1 heterocycles. The van der Waals surface area contributed by atoms with Crippen LogP contribution in [0.15, 0.2) is 0 Å². The summed E-state index contributed by atoms with van der Waals surface area (Å²) in [4.78, 5) is 12.0. The van der Waals surface area contributed by atoms with Gasteiger partial charge in [0.1, 0.15) is 18.8 Å². The van der Waals surface area contributed by atoms with Crippen molar-refractivity contribution >= 4 is 5.97 Å². The van der Waals surface area contributed by atoms with E-state index in [1.807, 2.05) is 0 Å². The van der Waals surface area contributed by atoms with Crippen LogP contribution in [0.2, 0.25) is 0 Å². The lowest BCUT2D eigenvalue weighted by molar-refractivity contribution is -0.315. The molecule has 1 aliphatic heterocycles. The summed E-state index contributed by atoms with van der Waals surface area (Å²) in [5.41, 5.74) is 0. The minimum Gasteiger partial charge on any atom is -0.465 e. The van der Waals surface area contributed by atoms with E-state index in [0.717, 1.165) is 7.11 Å². The van der Waals surface area contributed by atoms with Crippen molar-refractivity contribution in [2.45, 2.75) is 43.5 Å². The van der Waals surface area contributed by atoms with Crippen molar-refractivity contribution in [1.82, 2.24) is 0 Å². The van der Waals surface area contributed by atoms with E-state index in [0.29, 0.717) is 0 Å². The number of aliphatic hydroxyl groups excluding tert-OH is 4. The van der Waals surface area contributed by atoms with Crippen LogP contribution in [0.4, 0.5) is 0 Å². The number of rotatable bonds is 6. The SMILES string of the molecule is C#CCO[C@]1(C(=O)OC)C[C@@H](O)[C@@H](C)C(C(O)C(O)CO)O1. The summed E-state index contributed by atoms with van der Waals surface area (Å²) in [6, 6.07) is 0. The van der Waals surface area contributed by atoms with E-state index in [2.05, 4.69) is 10.7 Å². The maximum atomic E-state index is 12.0. The summed E-state index contributed by atoms with van der Waals surface area (Å²) in [5, 5.41) is 38.7. The predicted molar refractivity (Wildman–Crippen MR) is 73.3 cm³/mol. The number of aliphatic hydroxyl groups is 4. The molecule has 1 rings (SSSR count). The molecule has 126 valence electrons. The van der Waals surface area contributed by atoms with Crippen LogP contribution in [-0.4, -0.2) is 76.9 Å². The van der Waals surface area contributed by atoms with Crippen molar-refractivity contribution in [1.29, 1.82) is 0 Å². The van der Waals surface area contributed by atoms with Crippen molar-refractivity contribution in [2.24, 2.45) is 5.92 Å². The van der Waals surface area contributed by atoms with Crippen molar-refractivity contribution in [3.05, 3.63) is 0 Å². The van der Waals surface area contributed by atoms with Gasteiger partial charge in [-0.25, -0.2) is 4.79 Å². The fourth-order valence-electron chi connectivity index (χ4n) is 2.36. The molecular formula is C14H22O8. The molecule has 6 atom stereocenters. The van der Waals surface area contributed by atoms with Crippen LogP contribution < -0.4 is 0 Å². The topological polar surface area (TPSA) is 126 Å². The summed E-state index contributed by atoms with van der Waals surface area (Å²) in [6.45, 7) is 0.590. The number of esters is 1. The van der Waals surface area contributed by atoms with Crippen LogP contribution in [0.25, 0.3) is 0 Å². The Hall–Kier alpha value is -1.21.